The molecule has 8 heteroatoms. The molecule has 7 nitrogen and oxygen atoms in total. The first kappa shape index (κ1) is 24.8. The van der Waals surface area contributed by atoms with E-state index in [9.17, 15) is 4.79 Å². The second-order valence-electron chi connectivity index (χ2n) is 10.6. The Morgan fingerprint density at radius 2 is 1.81 bits per heavy atom. The molecule has 196 valence electrons. The van der Waals surface area contributed by atoms with E-state index >= 15 is 0 Å². The molecule has 1 N–H and O–H groups in total. The van der Waals surface area contributed by atoms with E-state index in [0.717, 1.165) is 101 Å². The molecule has 0 bridgehead atoms. The fraction of sp³-hybridized carbons (Fsp3) is 0.517. The number of thiophene rings is 1. The molecule has 3 aromatic rings. The van der Waals surface area contributed by atoms with E-state index in [4.69, 9.17) is 14.5 Å². The summed E-state index contributed by atoms with van der Waals surface area (Å²) in [6.07, 6.45) is 4.52. The zero-order chi connectivity index (χ0) is 25.1. The monoisotopic (exact) mass is 520 g/mol. The van der Waals surface area contributed by atoms with Crippen molar-refractivity contribution < 1.29 is 14.3 Å². The minimum absolute atomic E-state index is 0.0156. The molecule has 5 heterocycles. The van der Waals surface area contributed by atoms with E-state index < -0.39 is 0 Å². The number of piperidine rings is 1. The second-order valence-corrected chi connectivity index (χ2v) is 11.5. The van der Waals surface area contributed by atoms with Gasteiger partial charge in [0.1, 0.15) is 5.60 Å². The van der Waals surface area contributed by atoms with Crippen LogP contribution in [0, 0.1) is 0 Å². The van der Waals surface area contributed by atoms with Crippen LogP contribution < -0.4 is 5.32 Å². The summed E-state index contributed by atoms with van der Waals surface area (Å²) in [6.45, 7) is 8.65. The molecule has 0 saturated carbocycles. The van der Waals surface area contributed by atoms with Crippen LogP contribution in [-0.2, 0) is 20.8 Å². The molecular formula is C29H36N4O3S. The van der Waals surface area contributed by atoms with Gasteiger partial charge in [0.25, 0.3) is 0 Å². The van der Waals surface area contributed by atoms with Crippen molar-refractivity contribution in [1.29, 1.82) is 0 Å². The van der Waals surface area contributed by atoms with Crippen molar-refractivity contribution in [2.24, 2.45) is 0 Å². The number of ether oxygens (including phenoxy) is 2. The highest BCUT2D eigenvalue weighted by Gasteiger charge is 2.42. The van der Waals surface area contributed by atoms with Crippen LogP contribution in [0.5, 0.6) is 0 Å². The molecule has 37 heavy (non-hydrogen) atoms. The SMILES string of the molecule is O=C1CCC2(CCN(CCCNc3cc(-c4ccc(CN5CCOCC5)cc4)nc4ccsc34)CC2)O1. The smallest absolute Gasteiger partial charge is 0.306 e. The number of aromatic nitrogens is 1. The predicted molar refractivity (Wildman–Crippen MR) is 148 cm³/mol. The molecule has 0 atom stereocenters. The first-order chi connectivity index (χ1) is 18.2. The summed E-state index contributed by atoms with van der Waals surface area (Å²) < 4.78 is 12.3. The largest absolute Gasteiger partial charge is 0.459 e. The zero-order valence-electron chi connectivity index (χ0n) is 21.4. The van der Waals surface area contributed by atoms with Crippen LogP contribution in [0.25, 0.3) is 21.5 Å². The average Bonchev–Trinajstić information content (AvgIpc) is 3.55. The van der Waals surface area contributed by atoms with Gasteiger partial charge in [0.2, 0.25) is 0 Å². The summed E-state index contributed by atoms with van der Waals surface area (Å²) in [5, 5.41) is 5.82. The van der Waals surface area contributed by atoms with E-state index in [1.165, 1.54) is 16.0 Å². The molecule has 0 radical (unpaired) electrons. The Morgan fingerprint density at radius 1 is 1.00 bits per heavy atom. The van der Waals surface area contributed by atoms with Gasteiger partial charge in [0.05, 0.1) is 34.8 Å². The molecule has 6 rings (SSSR count). The molecule has 3 saturated heterocycles. The van der Waals surface area contributed by atoms with Gasteiger partial charge in [-0.15, -0.1) is 11.3 Å². The minimum Gasteiger partial charge on any atom is -0.459 e. The summed E-state index contributed by atoms with van der Waals surface area (Å²) in [5.74, 6) is -0.0156. The van der Waals surface area contributed by atoms with E-state index in [1.807, 2.05) is 0 Å². The molecule has 1 spiro atoms. The van der Waals surface area contributed by atoms with Crippen LogP contribution in [0.4, 0.5) is 5.69 Å². The van der Waals surface area contributed by atoms with Gasteiger partial charge in [-0.1, -0.05) is 24.3 Å². The fourth-order valence-electron chi connectivity index (χ4n) is 5.77. The van der Waals surface area contributed by atoms with Gasteiger partial charge < -0.3 is 19.7 Å². The van der Waals surface area contributed by atoms with Crippen LogP contribution in [0.15, 0.2) is 41.8 Å². The Bertz CT molecular complexity index is 1210. The lowest BCUT2D eigenvalue weighted by molar-refractivity contribution is -0.151. The van der Waals surface area contributed by atoms with Crippen LogP contribution in [-0.4, -0.2) is 78.8 Å². The highest BCUT2D eigenvalue weighted by atomic mass is 32.1. The van der Waals surface area contributed by atoms with E-state index in [0.29, 0.717) is 6.42 Å². The van der Waals surface area contributed by atoms with Gasteiger partial charge >= 0.3 is 5.97 Å². The number of anilines is 1. The maximum Gasteiger partial charge on any atom is 0.306 e. The highest BCUT2D eigenvalue weighted by Crippen LogP contribution is 2.36. The number of hydrogen-bond acceptors (Lipinski definition) is 8. The molecule has 3 fully saturated rings. The third-order valence-electron chi connectivity index (χ3n) is 8.02. The molecule has 3 aliphatic rings. The Hall–Kier alpha value is -2.52. The number of likely N-dealkylation sites (tertiary alicyclic amines) is 1. The summed E-state index contributed by atoms with van der Waals surface area (Å²) in [4.78, 5) is 21.5. The third kappa shape index (κ3) is 5.82. The zero-order valence-corrected chi connectivity index (χ0v) is 22.2. The average molecular weight is 521 g/mol. The third-order valence-corrected chi connectivity index (χ3v) is 8.96. The van der Waals surface area contributed by atoms with Crippen molar-refractivity contribution in [3.8, 4) is 11.3 Å². The molecule has 2 aromatic heterocycles. The highest BCUT2D eigenvalue weighted by molar-refractivity contribution is 7.17. The maximum absolute atomic E-state index is 11.6. The van der Waals surface area contributed by atoms with Gasteiger partial charge in [-0.3, -0.25) is 9.69 Å². The summed E-state index contributed by atoms with van der Waals surface area (Å²) >= 11 is 1.74. The molecule has 0 unspecified atom stereocenters. The van der Waals surface area contributed by atoms with Crippen LogP contribution in [0.1, 0.15) is 37.7 Å². The van der Waals surface area contributed by atoms with Gasteiger partial charge in [0, 0.05) is 51.3 Å². The fourth-order valence-corrected chi connectivity index (χ4v) is 6.59. The predicted octanol–water partition coefficient (Wildman–Crippen LogP) is 4.77. The van der Waals surface area contributed by atoms with Crippen molar-refractivity contribution in [2.75, 3.05) is 57.8 Å². The van der Waals surface area contributed by atoms with Crippen molar-refractivity contribution in [3.63, 3.8) is 0 Å². The van der Waals surface area contributed by atoms with Gasteiger partial charge in [-0.25, -0.2) is 4.98 Å². The number of hydrogen-bond donors (Lipinski definition) is 1. The molecule has 1 aromatic carbocycles. The van der Waals surface area contributed by atoms with Gasteiger partial charge in [-0.2, -0.15) is 0 Å². The Balaban J connectivity index is 1.05. The number of esters is 1. The van der Waals surface area contributed by atoms with Crippen LogP contribution in [0.2, 0.25) is 0 Å². The summed E-state index contributed by atoms with van der Waals surface area (Å²) in [7, 11) is 0. The number of morpholine rings is 1. The van der Waals surface area contributed by atoms with Crippen molar-refractivity contribution in [3.05, 3.63) is 47.3 Å². The molecular weight excluding hydrogens is 484 g/mol. The lowest BCUT2D eigenvalue weighted by atomic mass is 9.88. The number of nitrogens with zero attached hydrogens (tertiary/aromatic N) is 3. The second kappa shape index (κ2) is 11.1. The first-order valence-corrected chi connectivity index (χ1v) is 14.5. The van der Waals surface area contributed by atoms with E-state index in [1.54, 1.807) is 11.3 Å². The minimum atomic E-state index is -0.162. The van der Waals surface area contributed by atoms with Gasteiger partial charge in [-0.05, 0) is 55.3 Å². The Kier molecular flexibility index (Phi) is 7.42. The number of carbonyl (C=O) groups is 1. The van der Waals surface area contributed by atoms with Crippen molar-refractivity contribution in [1.82, 2.24) is 14.8 Å². The number of fused-ring (bicyclic) bond motifs is 1. The molecule has 3 aliphatic heterocycles. The number of nitrogens with one attached hydrogen (secondary N) is 1. The Morgan fingerprint density at radius 3 is 2.57 bits per heavy atom. The summed E-state index contributed by atoms with van der Waals surface area (Å²) in [5.41, 5.74) is 5.55. The number of pyridine rings is 1. The number of carbonyl (C=O) groups excluding carboxylic acids is 1. The molecule has 0 amide bonds. The van der Waals surface area contributed by atoms with E-state index in [-0.39, 0.29) is 11.6 Å². The van der Waals surface area contributed by atoms with Gasteiger partial charge in [0.15, 0.2) is 0 Å². The quantitative estimate of drug-likeness (QED) is 0.339. The van der Waals surface area contributed by atoms with E-state index in [2.05, 4.69) is 56.9 Å². The van der Waals surface area contributed by atoms with Crippen molar-refractivity contribution in [2.45, 2.75) is 44.2 Å². The maximum atomic E-state index is 11.6. The Labute approximate surface area is 222 Å². The lowest BCUT2D eigenvalue weighted by Gasteiger charge is -2.38. The van der Waals surface area contributed by atoms with Crippen molar-refractivity contribution >= 4 is 33.2 Å². The molecule has 0 aliphatic carbocycles. The number of benzene rings is 1. The van der Waals surface area contributed by atoms with Crippen LogP contribution >= 0.6 is 11.3 Å². The number of rotatable bonds is 8. The summed E-state index contributed by atoms with van der Waals surface area (Å²) in [6, 6.07) is 13.2. The standard InChI is InChI=1S/C29H36N4O3S/c34-27-6-8-29(36-27)9-13-32(14-10-29)12-1-11-30-26-20-25(31-24-7-19-37-28(24)26)23-4-2-22(3-5-23)21-33-15-17-35-18-16-33/h2-5,7,19-20H,1,6,8-18,21H2,(H,30,31). The first-order valence-electron chi connectivity index (χ1n) is 13.6. The lowest BCUT2D eigenvalue weighted by Crippen LogP contribution is -2.44. The topological polar surface area (TPSA) is 66.9 Å². The normalized spacial score (nSPS) is 20.5. The van der Waals surface area contributed by atoms with Crippen LogP contribution in [0.3, 0.4) is 0 Å².